The molecule has 0 amide bonds. The second-order valence-corrected chi connectivity index (χ2v) is 7.52. The predicted octanol–water partition coefficient (Wildman–Crippen LogP) is 2.90. The third-order valence-electron chi connectivity index (χ3n) is 5.56. The van der Waals surface area contributed by atoms with Crippen LogP contribution in [0, 0.1) is 0 Å². The summed E-state index contributed by atoms with van der Waals surface area (Å²) in [5.41, 5.74) is 0.889. The average Bonchev–Trinajstić information content (AvgIpc) is 2.98. The van der Waals surface area contributed by atoms with Crippen molar-refractivity contribution >= 4 is 22.5 Å². The minimum absolute atomic E-state index is 0.511. The van der Waals surface area contributed by atoms with Crippen molar-refractivity contribution in [1.29, 1.82) is 0 Å². The van der Waals surface area contributed by atoms with Gasteiger partial charge in [-0.25, -0.2) is 15.0 Å². The minimum Gasteiger partial charge on any atom is -0.379 e. The lowest BCUT2D eigenvalue weighted by Crippen LogP contribution is -2.39. The highest BCUT2D eigenvalue weighted by Crippen LogP contribution is 2.25. The SMILES string of the molecule is c1nc(NC2CCCCCC2)c2cc(NCCN3CCOCC3)ncc2n1. The van der Waals surface area contributed by atoms with E-state index in [1.165, 1.54) is 38.5 Å². The second-order valence-electron chi connectivity index (χ2n) is 7.52. The summed E-state index contributed by atoms with van der Waals surface area (Å²) >= 11 is 0. The molecule has 2 aromatic heterocycles. The monoisotopic (exact) mass is 370 g/mol. The number of ether oxygens (including phenoxy) is 1. The van der Waals surface area contributed by atoms with Crippen LogP contribution in [-0.2, 0) is 4.74 Å². The van der Waals surface area contributed by atoms with E-state index in [1.54, 1.807) is 6.33 Å². The van der Waals surface area contributed by atoms with Gasteiger partial charge in [0.05, 0.1) is 24.9 Å². The van der Waals surface area contributed by atoms with Gasteiger partial charge >= 0.3 is 0 Å². The fraction of sp³-hybridized carbons (Fsp3) is 0.650. The Kier molecular flexibility index (Phi) is 6.32. The molecular weight excluding hydrogens is 340 g/mol. The van der Waals surface area contributed by atoms with Gasteiger partial charge in [0.1, 0.15) is 18.0 Å². The average molecular weight is 371 g/mol. The summed E-state index contributed by atoms with van der Waals surface area (Å²) in [6.07, 6.45) is 11.2. The van der Waals surface area contributed by atoms with E-state index >= 15 is 0 Å². The molecule has 0 atom stereocenters. The first kappa shape index (κ1) is 18.4. The number of hydrogen-bond donors (Lipinski definition) is 2. The molecule has 0 spiro atoms. The summed E-state index contributed by atoms with van der Waals surface area (Å²) in [5.74, 6) is 1.82. The number of hydrogen-bond acceptors (Lipinski definition) is 7. The Morgan fingerprint density at radius 3 is 2.67 bits per heavy atom. The maximum absolute atomic E-state index is 5.40. The molecule has 2 N–H and O–H groups in total. The molecule has 1 aliphatic carbocycles. The van der Waals surface area contributed by atoms with E-state index in [0.29, 0.717) is 6.04 Å². The second kappa shape index (κ2) is 9.28. The maximum atomic E-state index is 5.40. The first-order chi connectivity index (χ1) is 13.4. The molecule has 2 aromatic rings. The Labute approximate surface area is 160 Å². The lowest BCUT2D eigenvalue weighted by molar-refractivity contribution is 0.0398. The largest absolute Gasteiger partial charge is 0.379 e. The fourth-order valence-electron chi connectivity index (χ4n) is 3.95. The first-order valence-corrected chi connectivity index (χ1v) is 10.3. The first-order valence-electron chi connectivity index (χ1n) is 10.3. The van der Waals surface area contributed by atoms with Crippen LogP contribution in [0.1, 0.15) is 38.5 Å². The van der Waals surface area contributed by atoms with E-state index in [9.17, 15) is 0 Å². The third kappa shape index (κ3) is 5.05. The van der Waals surface area contributed by atoms with Gasteiger partial charge in [-0.2, -0.15) is 0 Å². The normalized spacial score (nSPS) is 19.7. The van der Waals surface area contributed by atoms with Crippen molar-refractivity contribution in [2.75, 3.05) is 50.0 Å². The van der Waals surface area contributed by atoms with Gasteiger partial charge in [0, 0.05) is 37.6 Å². The molecule has 146 valence electrons. The predicted molar refractivity (Wildman–Crippen MR) is 108 cm³/mol. The molecule has 1 aliphatic heterocycles. The Morgan fingerprint density at radius 1 is 1.04 bits per heavy atom. The zero-order valence-electron chi connectivity index (χ0n) is 16.0. The summed E-state index contributed by atoms with van der Waals surface area (Å²) in [6.45, 7) is 5.56. The Balaban J connectivity index is 1.42. The summed E-state index contributed by atoms with van der Waals surface area (Å²) in [7, 11) is 0. The molecule has 1 saturated heterocycles. The van der Waals surface area contributed by atoms with Crippen LogP contribution in [0.25, 0.3) is 10.9 Å². The van der Waals surface area contributed by atoms with Crippen LogP contribution < -0.4 is 10.6 Å². The van der Waals surface area contributed by atoms with Crippen molar-refractivity contribution in [2.24, 2.45) is 0 Å². The Hall–Kier alpha value is -1.99. The Bertz CT molecular complexity index is 725. The molecule has 0 bridgehead atoms. The van der Waals surface area contributed by atoms with Crippen LogP contribution in [0.3, 0.4) is 0 Å². The number of aromatic nitrogens is 3. The van der Waals surface area contributed by atoms with Crippen LogP contribution in [0.5, 0.6) is 0 Å². The van der Waals surface area contributed by atoms with Crippen LogP contribution >= 0.6 is 0 Å². The number of pyridine rings is 1. The Morgan fingerprint density at radius 2 is 1.85 bits per heavy atom. The number of morpholine rings is 1. The number of fused-ring (bicyclic) bond motifs is 1. The molecule has 7 nitrogen and oxygen atoms in total. The summed E-state index contributed by atoms with van der Waals surface area (Å²) < 4.78 is 5.40. The quantitative estimate of drug-likeness (QED) is 0.757. The lowest BCUT2D eigenvalue weighted by atomic mass is 10.1. The van der Waals surface area contributed by atoms with Crippen LogP contribution in [0.2, 0.25) is 0 Å². The van der Waals surface area contributed by atoms with Gasteiger partial charge in [0.25, 0.3) is 0 Å². The molecule has 0 aromatic carbocycles. The van der Waals surface area contributed by atoms with Crippen molar-refractivity contribution in [3.8, 4) is 0 Å². The van der Waals surface area contributed by atoms with Gasteiger partial charge < -0.3 is 15.4 Å². The van der Waals surface area contributed by atoms with Crippen LogP contribution in [0.4, 0.5) is 11.6 Å². The molecule has 4 rings (SSSR count). The van der Waals surface area contributed by atoms with Gasteiger partial charge in [-0.15, -0.1) is 0 Å². The summed E-state index contributed by atoms with van der Waals surface area (Å²) in [4.78, 5) is 15.8. The maximum Gasteiger partial charge on any atom is 0.137 e. The highest BCUT2D eigenvalue weighted by atomic mass is 16.5. The summed E-state index contributed by atoms with van der Waals surface area (Å²) in [5, 5.41) is 8.16. The van der Waals surface area contributed by atoms with E-state index in [2.05, 4.69) is 36.6 Å². The van der Waals surface area contributed by atoms with E-state index in [1.807, 2.05) is 6.20 Å². The van der Waals surface area contributed by atoms with Gasteiger partial charge in [0.2, 0.25) is 0 Å². The molecule has 3 heterocycles. The van der Waals surface area contributed by atoms with E-state index < -0.39 is 0 Å². The van der Waals surface area contributed by atoms with Crippen LogP contribution in [0.15, 0.2) is 18.6 Å². The van der Waals surface area contributed by atoms with Crippen molar-refractivity contribution in [2.45, 2.75) is 44.6 Å². The van der Waals surface area contributed by atoms with Gasteiger partial charge in [-0.05, 0) is 18.9 Å². The topological polar surface area (TPSA) is 75.2 Å². The zero-order valence-corrected chi connectivity index (χ0v) is 16.0. The zero-order chi connectivity index (χ0) is 18.3. The molecule has 2 fully saturated rings. The minimum atomic E-state index is 0.511. The molecule has 1 saturated carbocycles. The van der Waals surface area contributed by atoms with Gasteiger partial charge in [-0.3, -0.25) is 4.90 Å². The van der Waals surface area contributed by atoms with Gasteiger partial charge in [0.15, 0.2) is 0 Å². The highest BCUT2D eigenvalue weighted by Gasteiger charge is 2.15. The number of anilines is 2. The van der Waals surface area contributed by atoms with E-state index in [4.69, 9.17) is 4.74 Å². The molecule has 0 unspecified atom stereocenters. The molecule has 2 aliphatic rings. The van der Waals surface area contributed by atoms with E-state index in [0.717, 1.165) is 61.9 Å². The molecule has 27 heavy (non-hydrogen) atoms. The van der Waals surface area contributed by atoms with Crippen LogP contribution in [-0.4, -0.2) is 65.3 Å². The molecule has 7 heteroatoms. The van der Waals surface area contributed by atoms with Crippen molar-refractivity contribution in [3.63, 3.8) is 0 Å². The number of nitrogens with one attached hydrogen (secondary N) is 2. The number of rotatable bonds is 6. The number of nitrogens with zero attached hydrogens (tertiary/aromatic N) is 4. The standard InChI is InChI=1S/C20H30N6O/c1-2-4-6-16(5-3-1)25-20-17-13-19(22-14-18(17)23-15-24-20)21-7-8-26-9-11-27-12-10-26/h13-16H,1-12H2,(H,21,22)(H,23,24,25). The molecule has 0 radical (unpaired) electrons. The third-order valence-corrected chi connectivity index (χ3v) is 5.56. The highest BCUT2D eigenvalue weighted by molar-refractivity contribution is 5.90. The van der Waals surface area contributed by atoms with Crippen molar-refractivity contribution < 1.29 is 4.74 Å². The van der Waals surface area contributed by atoms with Crippen molar-refractivity contribution in [1.82, 2.24) is 19.9 Å². The summed E-state index contributed by atoms with van der Waals surface area (Å²) in [6, 6.07) is 2.59. The smallest absolute Gasteiger partial charge is 0.137 e. The van der Waals surface area contributed by atoms with Gasteiger partial charge in [-0.1, -0.05) is 25.7 Å². The fourth-order valence-corrected chi connectivity index (χ4v) is 3.95. The van der Waals surface area contributed by atoms with Crippen molar-refractivity contribution in [3.05, 3.63) is 18.6 Å². The lowest BCUT2D eigenvalue weighted by Gasteiger charge is -2.26. The van der Waals surface area contributed by atoms with E-state index in [-0.39, 0.29) is 0 Å². The molecular formula is C20H30N6O.